The van der Waals surface area contributed by atoms with Crippen molar-refractivity contribution in [3.63, 3.8) is 0 Å². The molecular formula is C16H21N3O. The largest absolute Gasteiger partial charge is 0.301 e. The van der Waals surface area contributed by atoms with Crippen molar-refractivity contribution in [3.8, 4) is 6.07 Å². The van der Waals surface area contributed by atoms with Crippen molar-refractivity contribution in [1.29, 1.82) is 5.26 Å². The molecule has 1 aromatic carbocycles. The average Bonchev–Trinajstić information content (AvgIpc) is 2.50. The van der Waals surface area contributed by atoms with Gasteiger partial charge in [0.2, 0.25) is 0 Å². The molecule has 0 amide bonds. The third-order valence-electron chi connectivity index (χ3n) is 3.88. The van der Waals surface area contributed by atoms with Crippen LogP contribution in [0.2, 0.25) is 0 Å². The van der Waals surface area contributed by atoms with Gasteiger partial charge in [0.25, 0.3) is 0 Å². The number of ketones is 1. The van der Waals surface area contributed by atoms with E-state index in [4.69, 9.17) is 0 Å². The summed E-state index contributed by atoms with van der Waals surface area (Å²) in [6.07, 6.45) is 0. The van der Waals surface area contributed by atoms with Gasteiger partial charge in [-0.25, -0.2) is 0 Å². The highest BCUT2D eigenvalue weighted by molar-refractivity contribution is 5.90. The van der Waals surface area contributed by atoms with Crippen LogP contribution in [0.4, 0.5) is 0 Å². The van der Waals surface area contributed by atoms with Gasteiger partial charge in [0.1, 0.15) is 5.92 Å². The van der Waals surface area contributed by atoms with Crippen LogP contribution in [0.25, 0.3) is 0 Å². The Balaban J connectivity index is 1.93. The Hall–Kier alpha value is -1.70. The van der Waals surface area contributed by atoms with Crippen molar-refractivity contribution >= 4 is 5.78 Å². The molecule has 0 aliphatic carbocycles. The van der Waals surface area contributed by atoms with Crippen molar-refractivity contribution in [2.75, 3.05) is 39.3 Å². The molecule has 4 nitrogen and oxygen atoms in total. The van der Waals surface area contributed by atoms with Crippen LogP contribution in [0.3, 0.4) is 0 Å². The van der Waals surface area contributed by atoms with E-state index in [9.17, 15) is 10.1 Å². The number of carbonyl (C=O) groups excluding carboxylic acids is 1. The Morgan fingerprint density at radius 1 is 1.20 bits per heavy atom. The Kier molecular flexibility index (Phi) is 5.28. The average molecular weight is 271 g/mol. The van der Waals surface area contributed by atoms with Crippen molar-refractivity contribution < 1.29 is 4.79 Å². The number of hydrogen-bond donors (Lipinski definition) is 0. The van der Waals surface area contributed by atoms with Gasteiger partial charge in [-0.3, -0.25) is 9.69 Å². The second-order valence-electron chi connectivity index (χ2n) is 5.15. The minimum Gasteiger partial charge on any atom is -0.301 e. The molecule has 1 atom stereocenters. The molecule has 2 rings (SSSR count). The van der Waals surface area contributed by atoms with E-state index in [2.05, 4.69) is 22.8 Å². The molecule has 1 saturated heterocycles. The zero-order valence-electron chi connectivity index (χ0n) is 12.0. The van der Waals surface area contributed by atoms with Crippen molar-refractivity contribution in [1.82, 2.24) is 9.80 Å². The van der Waals surface area contributed by atoms with Gasteiger partial charge in [0, 0.05) is 26.2 Å². The molecule has 0 bridgehead atoms. The Labute approximate surface area is 120 Å². The molecule has 0 N–H and O–H groups in total. The molecular weight excluding hydrogens is 250 g/mol. The Morgan fingerprint density at radius 2 is 1.80 bits per heavy atom. The first-order valence-corrected chi connectivity index (χ1v) is 7.16. The minimum atomic E-state index is -0.639. The molecule has 1 aromatic rings. The van der Waals surface area contributed by atoms with Gasteiger partial charge >= 0.3 is 0 Å². The molecule has 1 aliphatic rings. The molecule has 1 unspecified atom stereocenters. The van der Waals surface area contributed by atoms with Crippen LogP contribution in [0, 0.1) is 11.3 Å². The fraction of sp³-hybridized carbons (Fsp3) is 0.500. The van der Waals surface area contributed by atoms with E-state index in [-0.39, 0.29) is 5.78 Å². The number of Topliss-reactive ketones (excluding diaryl/α,β-unsaturated/α-hetero) is 1. The molecule has 0 aromatic heterocycles. The Morgan fingerprint density at radius 3 is 2.35 bits per heavy atom. The SMILES string of the molecule is CCN1CCN(CC(=O)C(C#N)c2ccccc2)CC1. The zero-order chi connectivity index (χ0) is 14.4. The van der Waals surface area contributed by atoms with Crippen LogP contribution in [-0.4, -0.2) is 54.9 Å². The van der Waals surface area contributed by atoms with Crippen LogP contribution < -0.4 is 0 Å². The maximum Gasteiger partial charge on any atom is 0.168 e. The monoisotopic (exact) mass is 271 g/mol. The summed E-state index contributed by atoms with van der Waals surface area (Å²) in [4.78, 5) is 16.8. The minimum absolute atomic E-state index is 0.00338. The van der Waals surface area contributed by atoms with Crippen molar-refractivity contribution in [2.24, 2.45) is 0 Å². The molecule has 106 valence electrons. The number of nitrogens with zero attached hydrogens (tertiary/aromatic N) is 3. The third-order valence-corrected chi connectivity index (χ3v) is 3.88. The first-order chi connectivity index (χ1) is 9.74. The van der Waals surface area contributed by atoms with Crippen LogP contribution in [0.1, 0.15) is 18.4 Å². The van der Waals surface area contributed by atoms with E-state index < -0.39 is 5.92 Å². The predicted molar refractivity (Wildman–Crippen MR) is 78.4 cm³/mol. The maximum atomic E-state index is 12.3. The molecule has 0 radical (unpaired) electrons. The molecule has 1 heterocycles. The summed E-state index contributed by atoms with van der Waals surface area (Å²) in [5.74, 6) is -0.635. The van der Waals surface area contributed by atoms with Gasteiger partial charge < -0.3 is 4.90 Å². The lowest BCUT2D eigenvalue weighted by Gasteiger charge is -2.33. The number of benzene rings is 1. The summed E-state index contributed by atoms with van der Waals surface area (Å²) in [5.41, 5.74) is 0.798. The molecule has 0 saturated carbocycles. The summed E-state index contributed by atoms with van der Waals surface area (Å²) >= 11 is 0. The summed E-state index contributed by atoms with van der Waals surface area (Å²) in [6.45, 7) is 7.43. The molecule has 0 spiro atoms. The summed E-state index contributed by atoms with van der Waals surface area (Å²) < 4.78 is 0. The molecule has 20 heavy (non-hydrogen) atoms. The lowest BCUT2D eigenvalue weighted by molar-refractivity contribution is -0.120. The lowest BCUT2D eigenvalue weighted by Crippen LogP contribution is -2.48. The number of nitriles is 1. The fourth-order valence-corrected chi connectivity index (χ4v) is 2.55. The standard InChI is InChI=1S/C16H21N3O/c1-2-18-8-10-19(11-9-18)13-16(20)15(12-17)14-6-4-3-5-7-14/h3-7,15H,2,8-11,13H2,1H3. The van der Waals surface area contributed by atoms with Crippen LogP contribution in [-0.2, 0) is 4.79 Å². The summed E-state index contributed by atoms with van der Waals surface area (Å²) in [7, 11) is 0. The fourth-order valence-electron chi connectivity index (χ4n) is 2.55. The predicted octanol–water partition coefficient (Wildman–Crippen LogP) is 1.50. The van der Waals surface area contributed by atoms with Crippen LogP contribution >= 0.6 is 0 Å². The highest BCUT2D eigenvalue weighted by Gasteiger charge is 2.24. The van der Waals surface area contributed by atoms with Gasteiger partial charge in [-0.1, -0.05) is 37.3 Å². The van der Waals surface area contributed by atoms with Gasteiger partial charge in [-0.05, 0) is 12.1 Å². The van der Waals surface area contributed by atoms with Gasteiger partial charge in [0.15, 0.2) is 5.78 Å². The maximum absolute atomic E-state index is 12.3. The number of likely N-dealkylation sites (N-methyl/N-ethyl adjacent to an activating group) is 1. The number of hydrogen-bond acceptors (Lipinski definition) is 4. The van der Waals surface area contributed by atoms with Gasteiger partial charge in [-0.15, -0.1) is 0 Å². The van der Waals surface area contributed by atoms with Gasteiger partial charge in [-0.2, -0.15) is 5.26 Å². The van der Waals surface area contributed by atoms with Gasteiger partial charge in [0.05, 0.1) is 12.6 Å². The summed E-state index contributed by atoms with van der Waals surface area (Å²) in [6, 6.07) is 11.5. The lowest BCUT2D eigenvalue weighted by atomic mass is 9.96. The quantitative estimate of drug-likeness (QED) is 0.814. The smallest absolute Gasteiger partial charge is 0.168 e. The normalized spacial score (nSPS) is 18.4. The van der Waals surface area contributed by atoms with E-state index in [1.165, 1.54) is 0 Å². The second-order valence-corrected chi connectivity index (χ2v) is 5.15. The number of rotatable bonds is 5. The van der Waals surface area contributed by atoms with E-state index in [1.807, 2.05) is 30.3 Å². The first-order valence-electron chi connectivity index (χ1n) is 7.16. The molecule has 1 aliphatic heterocycles. The highest BCUT2D eigenvalue weighted by atomic mass is 16.1. The van der Waals surface area contributed by atoms with Crippen molar-refractivity contribution in [3.05, 3.63) is 35.9 Å². The molecule has 1 fully saturated rings. The topological polar surface area (TPSA) is 47.3 Å². The van der Waals surface area contributed by atoms with E-state index in [0.29, 0.717) is 6.54 Å². The molecule has 4 heteroatoms. The van der Waals surface area contributed by atoms with Crippen LogP contribution in [0.5, 0.6) is 0 Å². The second kappa shape index (κ2) is 7.18. The zero-order valence-corrected chi connectivity index (χ0v) is 12.0. The van der Waals surface area contributed by atoms with Crippen molar-refractivity contribution in [2.45, 2.75) is 12.8 Å². The number of carbonyl (C=O) groups is 1. The van der Waals surface area contributed by atoms with E-state index >= 15 is 0 Å². The van der Waals surface area contributed by atoms with E-state index in [0.717, 1.165) is 38.3 Å². The summed E-state index contributed by atoms with van der Waals surface area (Å²) in [5, 5.41) is 9.26. The van der Waals surface area contributed by atoms with E-state index in [1.54, 1.807) is 0 Å². The van der Waals surface area contributed by atoms with Crippen LogP contribution in [0.15, 0.2) is 30.3 Å². The Bertz CT molecular complexity index is 472. The highest BCUT2D eigenvalue weighted by Crippen LogP contribution is 2.16. The first kappa shape index (κ1) is 14.7. The number of piperazine rings is 1. The third kappa shape index (κ3) is 3.66.